The van der Waals surface area contributed by atoms with Gasteiger partial charge < -0.3 is 14.8 Å². The van der Waals surface area contributed by atoms with Gasteiger partial charge in [0.15, 0.2) is 11.5 Å². The average molecular weight is 416 g/mol. The van der Waals surface area contributed by atoms with E-state index < -0.39 is 5.54 Å². The highest BCUT2D eigenvalue weighted by atomic mass is 16.5. The fourth-order valence-electron chi connectivity index (χ4n) is 4.85. The first kappa shape index (κ1) is 21.0. The van der Waals surface area contributed by atoms with Crippen molar-refractivity contribution in [3.63, 3.8) is 0 Å². The van der Waals surface area contributed by atoms with Crippen molar-refractivity contribution in [1.29, 1.82) is 0 Å². The van der Waals surface area contributed by atoms with Gasteiger partial charge in [0.25, 0.3) is 5.91 Å². The Balaban J connectivity index is 1.31. The first-order chi connectivity index (χ1) is 14.6. The number of rotatable bonds is 6. The molecular formula is C23H33N3O4. The van der Waals surface area contributed by atoms with Crippen LogP contribution in [0.15, 0.2) is 24.3 Å². The topological polar surface area (TPSA) is 71.1 Å². The Kier molecular flexibility index (Phi) is 6.46. The molecule has 3 fully saturated rings. The van der Waals surface area contributed by atoms with Crippen molar-refractivity contribution in [3.05, 3.63) is 24.3 Å². The van der Waals surface area contributed by atoms with Gasteiger partial charge in [0.05, 0.1) is 13.3 Å². The highest BCUT2D eigenvalue weighted by molar-refractivity contribution is 6.07. The number of imide groups is 1. The van der Waals surface area contributed by atoms with Crippen LogP contribution in [-0.4, -0.2) is 59.7 Å². The summed E-state index contributed by atoms with van der Waals surface area (Å²) in [7, 11) is 0. The van der Waals surface area contributed by atoms with Gasteiger partial charge in [-0.3, -0.25) is 9.69 Å². The van der Waals surface area contributed by atoms with E-state index in [-0.39, 0.29) is 18.0 Å². The van der Waals surface area contributed by atoms with E-state index >= 15 is 0 Å². The molecule has 1 aromatic rings. The van der Waals surface area contributed by atoms with Crippen LogP contribution in [0.5, 0.6) is 11.5 Å². The number of hydrogen-bond acceptors (Lipinski definition) is 5. The van der Waals surface area contributed by atoms with E-state index in [0.717, 1.165) is 76.0 Å². The third-order valence-corrected chi connectivity index (χ3v) is 6.52. The molecular weight excluding hydrogens is 382 g/mol. The second kappa shape index (κ2) is 9.25. The Morgan fingerprint density at radius 3 is 2.37 bits per heavy atom. The molecule has 7 nitrogen and oxygen atoms in total. The zero-order chi connectivity index (χ0) is 21.0. The van der Waals surface area contributed by atoms with Crippen LogP contribution in [-0.2, 0) is 4.79 Å². The highest BCUT2D eigenvalue weighted by Crippen LogP contribution is 2.33. The Morgan fingerprint density at radius 1 is 1.03 bits per heavy atom. The normalized spacial score (nSPS) is 22.8. The number of ether oxygens (including phenoxy) is 2. The standard InChI is InChI=1S/C23H33N3O4/c1-2-29-19-9-5-6-10-20(19)30-18-11-15-25(16-12-18)17-26-21(27)23(24-22(26)28)13-7-3-4-8-14-23/h5-6,9-10,18H,2-4,7-8,11-17H2,1H3,(H,24,28). The maximum atomic E-state index is 13.1. The Morgan fingerprint density at radius 2 is 1.70 bits per heavy atom. The molecule has 2 aliphatic heterocycles. The minimum atomic E-state index is -0.655. The van der Waals surface area contributed by atoms with E-state index in [2.05, 4.69) is 10.2 Å². The Labute approximate surface area is 178 Å². The number of piperidine rings is 1. The molecule has 2 heterocycles. The molecule has 1 aliphatic carbocycles. The predicted octanol–water partition coefficient (Wildman–Crippen LogP) is 3.53. The lowest BCUT2D eigenvalue weighted by Crippen LogP contribution is -2.49. The first-order valence-electron chi connectivity index (χ1n) is 11.4. The van der Waals surface area contributed by atoms with Crippen molar-refractivity contribution in [2.75, 3.05) is 26.4 Å². The Bertz CT molecular complexity index is 753. The summed E-state index contributed by atoms with van der Waals surface area (Å²) >= 11 is 0. The van der Waals surface area contributed by atoms with Crippen LogP contribution >= 0.6 is 0 Å². The van der Waals surface area contributed by atoms with E-state index in [0.29, 0.717) is 13.3 Å². The van der Waals surface area contributed by atoms with E-state index in [1.54, 1.807) is 0 Å². The van der Waals surface area contributed by atoms with E-state index in [9.17, 15) is 9.59 Å². The van der Waals surface area contributed by atoms with Crippen molar-refractivity contribution in [1.82, 2.24) is 15.1 Å². The maximum Gasteiger partial charge on any atom is 0.326 e. The van der Waals surface area contributed by atoms with Crippen LogP contribution in [0.25, 0.3) is 0 Å². The summed E-state index contributed by atoms with van der Waals surface area (Å²) in [6.45, 7) is 4.53. The van der Waals surface area contributed by atoms with E-state index in [1.807, 2.05) is 31.2 Å². The molecule has 0 radical (unpaired) electrons. The molecule has 3 aliphatic rings. The summed E-state index contributed by atoms with van der Waals surface area (Å²) in [6, 6.07) is 7.53. The maximum absolute atomic E-state index is 13.1. The number of nitrogens with one attached hydrogen (secondary N) is 1. The number of nitrogens with zero attached hydrogens (tertiary/aromatic N) is 2. The quantitative estimate of drug-likeness (QED) is 0.720. The van der Waals surface area contributed by atoms with Gasteiger partial charge in [0, 0.05) is 13.1 Å². The van der Waals surface area contributed by atoms with Crippen LogP contribution in [0.1, 0.15) is 58.3 Å². The lowest BCUT2D eigenvalue weighted by Gasteiger charge is -2.34. The molecule has 3 amide bonds. The van der Waals surface area contributed by atoms with Gasteiger partial charge in [-0.1, -0.05) is 37.8 Å². The van der Waals surface area contributed by atoms with Crippen LogP contribution in [0.3, 0.4) is 0 Å². The minimum Gasteiger partial charge on any atom is -0.490 e. The summed E-state index contributed by atoms with van der Waals surface area (Å²) in [5, 5.41) is 3.03. The molecule has 7 heteroatoms. The Hall–Kier alpha value is -2.28. The number of carbonyl (C=O) groups excluding carboxylic acids is 2. The molecule has 0 aromatic heterocycles. The second-order valence-corrected chi connectivity index (χ2v) is 8.62. The average Bonchev–Trinajstić information content (AvgIpc) is 2.91. The van der Waals surface area contributed by atoms with E-state index in [4.69, 9.17) is 9.47 Å². The number of amides is 3. The minimum absolute atomic E-state index is 0.0292. The summed E-state index contributed by atoms with van der Waals surface area (Å²) in [5.74, 6) is 1.52. The largest absolute Gasteiger partial charge is 0.490 e. The predicted molar refractivity (Wildman–Crippen MR) is 114 cm³/mol. The molecule has 164 valence electrons. The smallest absolute Gasteiger partial charge is 0.326 e. The lowest BCUT2D eigenvalue weighted by molar-refractivity contribution is -0.133. The van der Waals surface area contributed by atoms with Gasteiger partial charge in [-0.15, -0.1) is 0 Å². The third kappa shape index (κ3) is 4.41. The van der Waals surface area contributed by atoms with Crippen LogP contribution in [0.2, 0.25) is 0 Å². The highest BCUT2D eigenvalue weighted by Gasteiger charge is 2.51. The van der Waals surface area contributed by atoms with Crippen molar-refractivity contribution < 1.29 is 19.1 Å². The number of likely N-dealkylation sites (tertiary alicyclic amines) is 1. The summed E-state index contributed by atoms with van der Waals surface area (Å²) in [5.41, 5.74) is -0.655. The monoisotopic (exact) mass is 415 g/mol. The SMILES string of the molecule is CCOc1ccccc1OC1CCN(CN2C(=O)NC3(CCCCCC3)C2=O)CC1. The molecule has 1 aromatic carbocycles. The van der Waals surface area contributed by atoms with E-state index in [1.165, 1.54) is 4.90 Å². The van der Waals surface area contributed by atoms with Crippen molar-refractivity contribution in [3.8, 4) is 11.5 Å². The lowest BCUT2D eigenvalue weighted by atomic mass is 9.90. The molecule has 0 bridgehead atoms. The molecule has 30 heavy (non-hydrogen) atoms. The summed E-state index contributed by atoms with van der Waals surface area (Å²) in [4.78, 5) is 29.3. The summed E-state index contributed by atoms with van der Waals surface area (Å²) < 4.78 is 11.8. The van der Waals surface area contributed by atoms with Gasteiger partial charge in [0.1, 0.15) is 11.6 Å². The zero-order valence-electron chi connectivity index (χ0n) is 17.9. The zero-order valence-corrected chi connectivity index (χ0v) is 17.9. The molecule has 1 spiro atoms. The van der Waals surface area contributed by atoms with Crippen LogP contribution < -0.4 is 14.8 Å². The molecule has 1 N–H and O–H groups in total. The second-order valence-electron chi connectivity index (χ2n) is 8.62. The third-order valence-electron chi connectivity index (χ3n) is 6.52. The molecule has 1 saturated carbocycles. The fourth-order valence-corrected chi connectivity index (χ4v) is 4.85. The van der Waals surface area contributed by atoms with Gasteiger partial charge >= 0.3 is 6.03 Å². The van der Waals surface area contributed by atoms with Gasteiger partial charge in [0.2, 0.25) is 0 Å². The number of benzene rings is 1. The number of urea groups is 1. The van der Waals surface area contributed by atoms with Crippen molar-refractivity contribution in [2.45, 2.75) is 69.9 Å². The number of para-hydroxylation sites is 2. The van der Waals surface area contributed by atoms with Crippen LogP contribution in [0.4, 0.5) is 4.79 Å². The summed E-state index contributed by atoms with van der Waals surface area (Å²) in [6.07, 6.45) is 7.66. The van der Waals surface area contributed by atoms with Gasteiger partial charge in [-0.05, 0) is 44.7 Å². The number of carbonyl (C=O) groups is 2. The molecule has 4 rings (SSSR count). The number of hydrogen-bond donors (Lipinski definition) is 1. The molecule has 0 atom stereocenters. The van der Waals surface area contributed by atoms with Crippen LogP contribution in [0, 0.1) is 0 Å². The fraction of sp³-hybridized carbons (Fsp3) is 0.652. The van der Waals surface area contributed by atoms with Gasteiger partial charge in [-0.25, -0.2) is 9.69 Å². The van der Waals surface area contributed by atoms with Crippen molar-refractivity contribution in [2.24, 2.45) is 0 Å². The van der Waals surface area contributed by atoms with Gasteiger partial charge in [-0.2, -0.15) is 0 Å². The first-order valence-corrected chi connectivity index (χ1v) is 11.4. The van der Waals surface area contributed by atoms with Crippen molar-refractivity contribution >= 4 is 11.9 Å². The molecule has 0 unspecified atom stereocenters. The molecule has 2 saturated heterocycles.